The van der Waals surface area contributed by atoms with Gasteiger partial charge in [0.2, 0.25) is 5.91 Å². The van der Waals surface area contributed by atoms with E-state index in [-0.39, 0.29) is 5.91 Å². The summed E-state index contributed by atoms with van der Waals surface area (Å²) in [5, 5.41) is 7.53. The van der Waals surface area contributed by atoms with E-state index in [2.05, 4.69) is 10.4 Å². The number of aromatic nitrogens is 2. The number of nitrogens with zero attached hydrogens (tertiary/aromatic N) is 2. The molecule has 2 aromatic rings. The maximum absolute atomic E-state index is 11.5. The molecule has 92 valence electrons. The van der Waals surface area contributed by atoms with Crippen molar-refractivity contribution in [1.82, 2.24) is 9.78 Å². The van der Waals surface area contributed by atoms with Crippen LogP contribution in [0.25, 0.3) is 11.1 Å². The fraction of sp³-hybridized carbons (Fsp3) is 0.167. The third kappa shape index (κ3) is 1.55. The van der Waals surface area contributed by atoms with Crippen molar-refractivity contribution in [3.63, 3.8) is 0 Å². The van der Waals surface area contributed by atoms with Crippen LogP contribution in [0.15, 0.2) is 18.3 Å². The summed E-state index contributed by atoms with van der Waals surface area (Å²) in [6.07, 6.45) is 2.02. The third-order valence-electron chi connectivity index (χ3n) is 3.08. The lowest BCUT2D eigenvalue weighted by Crippen LogP contribution is -2.04. The Morgan fingerprint density at radius 1 is 1.44 bits per heavy atom. The molecule has 0 atom stereocenters. The number of benzene rings is 1. The van der Waals surface area contributed by atoms with Crippen molar-refractivity contribution < 1.29 is 4.79 Å². The second-order valence-electron chi connectivity index (χ2n) is 4.28. The molecule has 1 amide bonds. The molecule has 1 aromatic heterocycles. The Morgan fingerprint density at radius 3 is 2.89 bits per heavy atom. The van der Waals surface area contributed by atoms with Gasteiger partial charge in [0.15, 0.2) is 0 Å². The molecule has 0 spiro atoms. The van der Waals surface area contributed by atoms with Crippen molar-refractivity contribution in [2.75, 3.05) is 11.1 Å². The first-order valence-corrected chi connectivity index (χ1v) is 5.84. The molecule has 0 radical (unpaired) electrons. The quantitative estimate of drug-likeness (QED) is 0.823. The van der Waals surface area contributed by atoms with Crippen molar-refractivity contribution in [2.24, 2.45) is 7.05 Å². The molecule has 18 heavy (non-hydrogen) atoms. The normalized spacial score (nSPS) is 13.6. The molecule has 6 heteroatoms. The van der Waals surface area contributed by atoms with Crippen LogP contribution in [0, 0.1) is 0 Å². The van der Waals surface area contributed by atoms with E-state index in [1.54, 1.807) is 30.1 Å². The molecule has 3 N–H and O–H groups in total. The second kappa shape index (κ2) is 3.74. The Kier molecular flexibility index (Phi) is 2.31. The zero-order valence-corrected chi connectivity index (χ0v) is 10.5. The van der Waals surface area contributed by atoms with E-state index in [1.807, 2.05) is 0 Å². The third-order valence-corrected chi connectivity index (χ3v) is 3.29. The number of halogens is 1. The molecule has 0 fully saturated rings. The van der Waals surface area contributed by atoms with Gasteiger partial charge >= 0.3 is 0 Å². The van der Waals surface area contributed by atoms with Crippen LogP contribution >= 0.6 is 11.6 Å². The summed E-state index contributed by atoms with van der Waals surface area (Å²) in [6.45, 7) is 0. The van der Waals surface area contributed by atoms with E-state index in [0.29, 0.717) is 17.3 Å². The monoisotopic (exact) mass is 262 g/mol. The van der Waals surface area contributed by atoms with E-state index < -0.39 is 0 Å². The van der Waals surface area contributed by atoms with Crippen molar-refractivity contribution in [3.05, 3.63) is 28.9 Å². The standard InChI is InChI=1S/C12H11ClN4O/c1-17-12(14)9(5-15-17)8-4-7(13)2-6-3-10(18)16-11(6)8/h2,4-5H,3,14H2,1H3,(H,16,18). The molecule has 2 heterocycles. The van der Waals surface area contributed by atoms with Gasteiger partial charge in [-0.05, 0) is 17.7 Å². The number of nitrogen functional groups attached to an aromatic ring is 1. The molecule has 5 nitrogen and oxygen atoms in total. The fourth-order valence-electron chi connectivity index (χ4n) is 2.17. The fourth-order valence-corrected chi connectivity index (χ4v) is 2.41. The molecular formula is C12H11ClN4O. The first-order chi connectivity index (χ1) is 8.56. The van der Waals surface area contributed by atoms with Gasteiger partial charge in [0.1, 0.15) is 5.82 Å². The van der Waals surface area contributed by atoms with Crippen LogP contribution in [-0.2, 0) is 18.3 Å². The minimum Gasteiger partial charge on any atom is -0.383 e. The lowest BCUT2D eigenvalue weighted by molar-refractivity contribution is -0.115. The molecule has 0 bridgehead atoms. The SMILES string of the molecule is Cn1ncc(-c2cc(Cl)cc3c2NC(=O)C3)c1N. The van der Waals surface area contributed by atoms with Crippen molar-refractivity contribution in [3.8, 4) is 11.1 Å². The number of carbonyl (C=O) groups is 1. The first kappa shape index (κ1) is 11.1. The highest BCUT2D eigenvalue weighted by Gasteiger charge is 2.23. The van der Waals surface area contributed by atoms with Crippen LogP contribution in [-0.4, -0.2) is 15.7 Å². The van der Waals surface area contributed by atoms with Crippen LogP contribution in [0.4, 0.5) is 11.5 Å². The molecule has 0 aliphatic carbocycles. The highest BCUT2D eigenvalue weighted by Crippen LogP contribution is 2.39. The number of nitrogens with one attached hydrogen (secondary N) is 1. The van der Waals surface area contributed by atoms with Crippen molar-refractivity contribution >= 4 is 29.0 Å². The summed E-state index contributed by atoms with van der Waals surface area (Å²) < 4.78 is 1.58. The average Bonchev–Trinajstić information content (AvgIpc) is 2.82. The number of amides is 1. The predicted molar refractivity (Wildman–Crippen MR) is 70.4 cm³/mol. The van der Waals surface area contributed by atoms with Crippen LogP contribution in [0.3, 0.4) is 0 Å². The minimum atomic E-state index is -0.0315. The predicted octanol–water partition coefficient (Wildman–Crippen LogP) is 1.82. The number of rotatable bonds is 1. The number of aryl methyl sites for hydroxylation is 1. The largest absolute Gasteiger partial charge is 0.383 e. The summed E-state index contributed by atoms with van der Waals surface area (Å²) in [5.41, 5.74) is 9.22. The Balaban J connectivity index is 2.25. The number of anilines is 2. The van der Waals surface area contributed by atoms with Crippen LogP contribution in [0.1, 0.15) is 5.56 Å². The molecule has 0 unspecified atom stereocenters. The molecule has 1 aliphatic heterocycles. The van der Waals surface area contributed by atoms with Crippen LogP contribution < -0.4 is 11.1 Å². The van der Waals surface area contributed by atoms with Gasteiger partial charge in [-0.2, -0.15) is 5.10 Å². The van der Waals surface area contributed by atoms with E-state index in [4.69, 9.17) is 17.3 Å². The molecule has 1 aromatic carbocycles. The Morgan fingerprint density at radius 2 is 2.22 bits per heavy atom. The molecular weight excluding hydrogens is 252 g/mol. The number of nitrogens with two attached hydrogens (primary N) is 1. The van der Waals surface area contributed by atoms with Gasteiger partial charge in [-0.15, -0.1) is 0 Å². The topological polar surface area (TPSA) is 72.9 Å². The van der Waals surface area contributed by atoms with Crippen molar-refractivity contribution in [1.29, 1.82) is 0 Å². The van der Waals surface area contributed by atoms with Gasteiger partial charge in [-0.1, -0.05) is 11.6 Å². The molecule has 0 saturated heterocycles. The lowest BCUT2D eigenvalue weighted by atomic mass is 10.0. The molecule has 0 saturated carbocycles. The maximum atomic E-state index is 11.5. The van der Waals surface area contributed by atoms with Gasteiger partial charge in [0.05, 0.1) is 18.3 Å². The summed E-state index contributed by atoms with van der Waals surface area (Å²) >= 11 is 6.08. The van der Waals surface area contributed by atoms with E-state index >= 15 is 0 Å². The van der Waals surface area contributed by atoms with Gasteiger partial charge < -0.3 is 11.1 Å². The summed E-state index contributed by atoms with van der Waals surface area (Å²) in [4.78, 5) is 11.5. The Bertz CT molecular complexity index is 662. The number of hydrogen-bond acceptors (Lipinski definition) is 3. The summed E-state index contributed by atoms with van der Waals surface area (Å²) in [5.74, 6) is 0.511. The summed E-state index contributed by atoms with van der Waals surface area (Å²) in [7, 11) is 1.77. The number of hydrogen-bond donors (Lipinski definition) is 2. The smallest absolute Gasteiger partial charge is 0.228 e. The van der Waals surface area contributed by atoms with Crippen molar-refractivity contribution in [2.45, 2.75) is 6.42 Å². The van der Waals surface area contributed by atoms with Gasteiger partial charge in [0, 0.05) is 23.2 Å². The van der Waals surface area contributed by atoms with Gasteiger partial charge in [-0.3, -0.25) is 9.48 Å². The van der Waals surface area contributed by atoms with E-state index in [0.717, 1.165) is 22.4 Å². The molecule has 3 rings (SSSR count). The van der Waals surface area contributed by atoms with Gasteiger partial charge in [-0.25, -0.2) is 0 Å². The summed E-state index contributed by atoms with van der Waals surface area (Å²) in [6, 6.07) is 3.59. The Hall–Kier alpha value is -2.01. The van der Waals surface area contributed by atoms with Crippen LogP contribution in [0.2, 0.25) is 5.02 Å². The maximum Gasteiger partial charge on any atom is 0.228 e. The van der Waals surface area contributed by atoms with Crippen LogP contribution in [0.5, 0.6) is 0 Å². The van der Waals surface area contributed by atoms with Gasteiger partial charge in [0.25, 0.3) is 0 Å². The minimum absolute atomic E-state index is 0.0315. The first-order valence-electron chi connectivity index (χ1n) is 5.46. The average molecular weight is 263 g/mol. The Labute approximate surface area is 109 Å². The van der Waals surface area contributed by atoms with E-state index in [1.165, 1.54) is 0 Å². The zero-order chi connectivity index (χ0) is 12.9. The highest BCUT2D eigenvalue weighted by atomic mass is 35.5. The zero-order valence-electron chi connectivity index (χ0n) is 9.70. The molecule has 1 aliphatic rings. The second-order valence-corrected chi connectivity index (χ2v) is 4.72. The lowest BCUT2D eigenvalue weighted by Gasteiger charge is -2.08. The van der Waals surface area contributed by atoms with E-state index in [9.17, 15) is 4.79 Å². The number of carbonyl (C=O) groups excluding carboxylic acids is 1. The highest BCUT2D eigenvalue weighted by molar-refractivity contribution is 6.31. The number of fused-ring (bicyclic) bond motifs is 1.